The highest BCUT2D eigenvalue weighted by Crippen LogP contribution is 2.17. The van der Waals surface area contributed by atoms with Crippen LogP contribution in [0.25, 0.3) is 0 Å². The number of nitrogens with two attached hydrogens (primary N) is 1. The van der Waals surface area contributed by atoms with Crippen molar-refractivity contribution in [2.24, 2.45) is 5.73 Å². The molecular weight excluding hydrogens is 215 g/mol. The van der Waals surface area contributed by atoms with Crippen molar-refractivity contribution < 1.29 is 19.1 Å². The van der Waals surface area contributed by atoms with Gasteiger partial charge in [-0.1, -0.05) is 0 Å². The summed E-state index contributed by atoms with van der Waals surface area (Å²) in [4.78, 5) is 22.2. The summed E-state index contributed by atoms with van der Waals surface area (Å²) in [6, 6.07) is 2.05. The first-order valence-electron chi connectivity index (χ1n) is 4.50. The minimum atomic E-state index is -0.893. The van der Waals surface area contributed by atoms with Gasteiger partial charge in [0.25, 0.3) is 5.91 Å². The average molecular weight is 226 g/mol. The summed E-state index contributed by atoms with van der Waals surface area (Å²) in [7, 11) is 0. The lowest BCUT2D eigenvalue weighted by Crippen LogP contribution is -2.42. The first-order valence-corrected chi connectivity index (χ1v) is 4.50. The van der Waals surface area contributed by atoms with Crippen LogP contribution in [0.4, 0.5) is 4.39 Å². The molecule has 1 rings (SSSR count). The maximum Gasteiger partial charge on any atom is 0.255 e. The number of carbonyl (C=O) groups is 2. The summed E-state index contributed by atoms with van der Waals surface area (Å²) in [6.45, 7) is 1.39. The van der Waals surface area contributed by atoms with Crippen LogP contribution in [0.5, 0.6) is 5.75 Å². The Morgan fingerprint density at radius 2 is 2.12 bits per heavy atom. The number of hydrogen-bond acceptors (Lipinski definition) is 3. The van der Waals surface area contributed by atoms with Gasteiger partial charge in [0.2, 0.25) is 5.91 Å². The maximum absolute atomic E-state index is 12.8. The third-order valence-corrected chi connectivity index (χ3v) is 1.98. The highest BCUT2D eigenvalue weighted by molar-refractivity contribution is 5.99. The first-order chi connectivity index (χ1) is 7.41. The fourth-order valence-corrected chi connectivity index (χ4v) is 1.04. The number of rotatable bonds is 3. The molecule has 5 nitrogen and oxygen atoms in total. The average Bonchev–Trinajstić information content (AvgIpc) is 2.21. The van der Waals surface area contributed by atoms with Crippen LogP contribution < -0.4 is 11.1 Å². The number of amides is 2. The van der Waals surface area contributed by atoms with E-state index in [1.165, 1.54) is 6.92 Å². The van der Waals surface area contributed by atoms with Gasteiger partial charge in [-0.05, 0) is 25.1 Å². The molecule has 4 N–H and O–H groups in total. The summed E-state index contributed by atoms with van der Waals surface area (Å²) in [6.07, 6.45) is 0. The molecule has 1 aromatic rings. The highest BCUT2D eigenvalue weighted by atomic mass is 19.1. The number of aromatic hydroxyl groups is 1. The number of carbonyl (C=O) groups excluding carboxylic acids is 2. The lowest BCUT2D eigenvalue weighted by atomic mass is 10.1. The minimum absolute atomic E-state index is 0.242. The van der Waals surface area contributed by atoms with Crippen LogP contribution in [-0.2, 0) is 4.79 Å². The van der Waals surface area contributed by atoms with Crippen molar-refractivity contribution in [1.29, 1.82) is 0 Å². The highest BCUT2D eigenvalue weighted by Gasteiger charge is 2.16. The zero-order valence-corrected chi connectivity index (χ0v) is 8.53. The van der Waals surface area contributed by atoms with Crippen molar-refractivity contribution in [3.63, 3.8) is 0 Å². The van der Waals surface area contributed by atoms with E-state index in [9.17, 15) is 19.1 Å². The number of hydrogen-bond donors (Lipinski definition) is 3. The molecule has 1 aromatic carbocycles. The quantitative estimate of drug-likeness (QED) is 0.684. The number of primary amides is 1. The molecule has 6 heteroatoms. The second-order valence-electron chi connectivity index (χ2n) is 3.26. The zero-order chi connectivity index (χ0) is 12.3. The van der Waals surface area contributed by atoms with Crippen molar-refractivity contribution in [1.82, 2.24) is 5.32 Å². The molecule has 0 aromatic heterocycles. The fourth-order valence-electron chi connectivity index (χ4n) is 1.04. The van der Waals surface area contributed by atoms with Crippen LogP contribution in [0.15, 0.2) is 18.2 Å². The predicted octanol–water partition coefficient (Wildman–Crippen LogP) is 0.135. The van der Waals surface area contributed by atoms with E-state index >= 15 is 0 Å². The molecule has 0 aliphatic heterocycles. The van der Waals surface area contributed by atoms with Gasteiger partial charge in [0.15, 0.2) is 0 Å². The van der Waals surface area contributed by atoms with Crippen LogP contribution in [0.1, 0.15) is 17.3 Å². The largest absolute Gasteiger partial charge is 0.507 e. The van der Waals surface area contributed by atoms with Crippen molar-refractivity contribution >= 4 is 11.8 Å². The second kappa shape index (κ2) is 4.61. The first kappa shape index (κ1) is 12.0. The Bertz CT molecular complexity index is 434. The zero-order valence-electron chi connectivity index (χ0n) is 8.53. The topological polar surface area (TPSA) is 92.4 Å². The van der Waals surface area contributed by atoms with Crippen LogP contribution in [0.2, 0.25) is 0 Å². The Labute approximate surface area is 91.1 Å². The van der Waals surface area contributed by atoms with E-state index in [2.05, 4.69) is 5.32 Å². The molecule has 2 amide bonds. The fraction of sp³-hybridized carbons (Fsp3) is 0.200. The number of benzene rings is 1. The van der Waals surface area contributed by atoms with Crippen molar-refractivity contribution in [3.05, 3.63) is 29.6 Å². The van der Waals surface area contributed by atoms with E-state index in [0.717, 1.165) is 18.2 Å². The van der Waals surface area contributed by atoms with Gasteiger partial charge in [-0.25, -0.2) is 4.39 Å². The monoisotopic (exact) mass is 226 g/mol. The molecule has 0 aliphatic rings. The van der Waals surface area contributed by atoms with Gasteiger partial charge in [0.05, 0.1) is 5.56 Å². The Morgan fingerprint density at radius 1 is 1.50 bits per heavy atom. The molecule has 0 fully saturated rings. The number of nitrogens with one attached hydrogen (secondary N) is 1. The van der Waals surface area contributed by atoms with E-state index in [1.54, 1.807) is 0 Å². The van der Waals surface area contributed by atoms with Crippen molar-refractivity contribution in [2.75, 3.05) is 0 Å². The molecule has 0 radical (unpaired) electrons. The number of phenolic OH excluding ortho intramolecular Hbond substituents is 1. The summed E-state index contributed by atoms with van der Waals surface area (Å²) >= 11 is 0. The van der Waals surface area contributed by atoms with Gasteiger partial charge >= 0.3 is 0 Å². The summed E-state index contributed by atoms with van der Waals surface area (Å²) < 4.78 is 12.8. The van der Waals surface area contributed by atoms with E-state index in [0.29, 0.717) is 0 Å². The van der Waals surface area contributed by atoms with Crippen LogP contribution >= 0.6 is 0 Å². The molecule has 86 valence electrons. The van der Waals surface area contributed by atoms with E-state index in [4.69, 9.17) is 5.73 Å². The molecule has 1 atom stereocenters. The second-order valence-corrected chi connectivity index (χ2v) is 3.26. The Kier molecular flexibility index (Phi) is 3.44. The summed E-state index contributed by atoms with van der Waals surface area (Å²) in [5, 5.41) is 11.5. The van der Waals surface area contributed by atoms with Gasteiger partial charge in [0.1, 0.15) is 17.6 Å². The third-order valence-electron chi connectivity index (χ3n) is 1.98. The van der Waals surface area contributed by atoms with Gasteiger partial charge in [-0.2, -0.15) is 0 Å². The summed E-state index contributed by atoms with van der Waals surface area (Å²) in [5.74, 6) is -2.50. The van der Waals surface area contributed by atoms with E-state index in [1.807, 2.05) is 0 Å². The molecule has 0 spiro atoms. The van der Waals surface area contributed by atoms with Gasteiger partial charge in [-0.3, -0.25) is 9.59 Å². The Balaban J connectivity index is 2.88. The lowest BCUT2D eigenvalue weighted by molar-refractivity contribution is -0.119. The van der Waals surface area contributed by atoms with Gasteiger partial charge < -0.3 is 16.2 Å². The molecule has 0 saturated heterocycles. The molecular formula is C10H11FN2O3. The lowest BCUT2D eigenvalue weighted by Gasteiger charge is -2.10. The minimum Gasteiger partial charge on any atom is -0.507 e. The molecule has 16 heavy (non-hydrogen) atoms. The van der Waals surface area contributed by atoms with Crippen LogP contribution in [0, 0.1) is 5.82 Å². The Morgan fingerprint density at radius 3 is 2.69 bits per heavy atom. The number of halogens is 1. The van der Waals surface area contributed by atoms with Crippen molar-refractivity contribution in [3.8, 4) is 5.75 Å². The van der Waals surface area contributed by atoms with E-state index in [-0.39, 0.29) is 11.3 Å². The van der Waals surface area contributed by atoms with E-state index < -0.39 is 23.7 Å². The Hall–Kier alpha value is -2.11. The molecule has 0 saturated carbocycles. The summed E-state index contributed by atoms with van der Waals surface area (Å²) in [5.41, 5.74) is 4.70. The molecule has 0 aliphatic carbocycles. The van der Waals surface area contributed by atoms with Crippen LogP contribution in [-0.4, -0.2) is 23.0 Å². The molecule has 1 unspecified atom stereocenters. The maximum atomic E-state index is 12.8. The predicted molar refractivity (Wildman–Crippen MR) is 54.2 cm³/mol. The molecule has 0 bridgehead atoms. The number of phenols is 1. The standard InChI is InChI=1S/C10H11FN2O3/c1-5(9(12)15)13-10(16)7-4-6(11)2-3-8(7)14/h2-5,14H,1H3,(H2,12,15)(H,13,16). The molecule has 0 heterocycles. The normalized spacial score (nSPS) is 11.9. The van der Waals surface area contributed by atoms with Crippen molar-refractivity contribution in [2.45, 2.75) is 13.0 Å². The van der Waals surface area contributed by atoms with Crippen LogP contribution in [0.3, 0.4) is 0 Å². The van der Waals surface area contributed by atoms with Gasteiger partial charge in [0, 0.05) is 0 Å². The SMILES string of the molecule is CC(NC(=O)c1cc(F)ccc1O)C(N)=O. The third kappa shape index (κ3) is 2.69. The smallest absolute Gasteiger partial charge is 0.255 e. The van der Waals surface area contributed by atoms with Gasteiger partial charge in [-0.15, -0.1) is 0 Å².